The quantitative estimate of drug-likeness (QED) is 0.122. The number of nitrogens with one attached hydrogen (secondary N) is 1. The van der Waals surface area contributed by atoms with Crippen LogP contribution in [0.15, 0.2) is 84.9 Å². The van der Waals surface area contributed by atoms with Crippen molar-refractivity contribution in [3.63, 3.8) is 0 Å². The lowest BCUT2D eigenvalue weighted by Gasteiger charge is -2.42. The van der Waals surface area contributed by atoms with Gasteiger partial charge in [-0.3, -0.25) is 4.79 Å². The average Bonchev–Trinajstić information content (AvgIpc) is 3.35. The van der Waals surface area contributed by atoms with Gasteiger partial charge in [-0.05, 0) is 55.2 Å². The molecule has 46 heavy (non-hydrogen) atoms. The molecule has 246 valence electrons. The van der Waals surface area contributed by atoms with Crippen LogP contribution in [0.3, 0.4) is 0 Å². The van der Waals surface area contributed by atoms with Gasteiger partial charge >= 0.3 is 6.09 Å². The molecular weight excluding hydrogens is 602 g/mol. The van der Waals surface area contributed by atoms with Crippen LogP contribution in [0.4, 0.5) is 4.79 Å². The third kappa shape index (κ3) is 8.91. The van der Waals surface area contributed by atoms with Gasteiger partial charge in [-0.2, -0.15) is 0 Å². The molecule has 4 rings (SSSR count). The van der Waals surface area contributed by atoms with Crippen LogP contribution in [-0.4, -0.2) is 56.6 Å². The Kier molecular flexibility index (Phi) is 11.2. The molecule has 1 N–H and O–H groups in total. The van der Waals surface area contributed by atoms with Gasteiger partial charge in [0.25, 0.3) is 0 Å². The summed E-state index contributed by atoms with van der Waals surface area (Å²) in [5.74, 6) is -1.19. The predicted molar refractivity (Wildman–Crippen MR) is 177 cm³/mol. The normalized spacial score (nSPS) is 19.1. The van der Waals surface area contributed by atoms with E-state index in [2.05, 4.69) is 26.1 Å². The van der Waals surface area contributed by atoms with E-state index in [9.17, 15) is 14.4 Å². The molecule has 0 bridgehead atoms. The SMILES string of the molecule is CC1(C)O[C@@H]([C@H](O[Si](C)(C)C(C)(C)C)[C@@H](C=O)NC(=O)OCc2ccccc2)[C@@H](C(=O)c2ccccc2OCc2ccccc2)O1. The van der Waals surface area contributed by atoms with Gasteiger partial charge in [0.2, 0.25) is 0 Å². The maximum atomic E-state index is 14.3. The number of alkyl carbamates (subject to hydrolysis) is 1. The lowest BCUT2D eigenvalue weighted by atomic mass is 9.95. The van der Waals surface area contributed by atoms with Crippen molar-refractivity contribution in [1.29, 1.82) is 0 Å². The molecule has 0 spiro atoms. The maximum absolute atomic E-state index is 14.3. The van der Waals surface area contributed by atoms with Crippen molar-refractivity contribution < 1.29 is 37.8 Å². The fourth-order valence-corrected chi connectivity index (χ4v) is 6.19. The van der Waals surface area contributed by atoms with Gasteiger partial charge in [0.05, 0.1) is 5.56 Å². The first-order chi connectivity index (χ1) is 21.7. The molecule has 1 heterocycles. The highest BCUT2D eigenvalue weighted by atomic mass is 28.4. The Labute approximate surface area is 272 Å². The first-order valence-electron chi connectivity index (χ1n) is 15.5. The lowest BCUT2D eigenvalue weighted by Crippen LogP contribution is -2.59. The Hall–Kier alpha value is -3.83. The molecule has 9 nitrogen and oxygen atoms in total. The van der Waals surface area contributed by atoms with Crippen LogP contribution >= 0.6 is 0 Å². The first kappa shape index (κ1) is 35.0. The van der Waals surface area contributed by atoms with Crippen molar-refractivity contribution in [1.82, 2.24) is 5.32 Å². The number of ketones is 1. The molecule has 3 aromatic carbocycles. The second-order valence-electron chi connectivity index (χ2n) is 13.4. The molecule has 0 radical (unpaired) electrons. The van der Waals surface area contributed by atoms with E-state index in [1.807, 2.05) is 73.8 Å². The number of carbonyl (C=O) groups excluding carboxylic acids is 3. The maximum Gasteiger partial charge on any atom is 0.408 e. The third-order valence-electron chi connectivity index (χ3n) is 8.34. The van der Waals surface area contributed by atoms with Crippen molar-refractivity contribution >= 4 is 26.5 Å². The van der Waals surface area contributed by atoms with Crippen molar-refractivity contribution in [2.45, 2.75) is 96.1 Å². The summed E-state index contributed by atoms with van der Waals surface area (Å²) >= 11 is 0. The Morgan fingerprint density at radius 3 is 2.04 bits per heavy atom. The number of ether oxygens (including phenoxy) is 4. The number of Topliss-reactive ketones (excluding diaryl/α,β-unsaturated/α-hetero) is 1. The fourth-order valence-electron chi connectivity index (χ4n) is 4.87. The smallest absolute Gasteiger partial charge is 0.408 e. The highest BCUT2D eigenvalue weighted by molar-refractivity contribution is 6.74. The minimum Gasteiger partial charge on any atom is -0.488 e. The van der Waals surface area contributed by atoms with E-state index >= 15 is 0 Å². The molecule has 0 aromatic heterocycles. The van der Waals surface area contributed by atoms with Crippen LogP contribution in [0.2, 0.25) is 18.1 Å². The first-order valence-corrected chi connectivity index (χ1v) is 18.4. The molecule has 1 amide bonds. The number of benzene rings is 3. The zero-order chi connectivity index (χ0) is 33.5. The molecule has 4 atom stereocenters. The molecule has 0 saturated carbocycles. The standard InChI is InChI=1S/C36H45NO8Si/c1-35(2,3)46(6,7)45-31(28(22-38)37-34(40)42-24-26-18-12-9-13-19-26)33-32(43-36(4,5)44-33)30(39)27-20-14-15-21-29(27)41-23-25-16-10-8-11-17-25/h8-22,28,31-33H,23-24H2,1-7H3,(H,37,40)/t28-,31-,32-,33+/m1/s1. The fraction of sp³-hybridized carbons (Fsp3) is 0.417. The van der Waals surface area contributed by atoms with Gasteiger partial charge in [-0.1, -0.05) is 93.6 Å². The van der Waals surface area contributed by atoms with Crippen LogP contribution in [0.25, 0.3) is 0 Å². The van der Waals surface area contributed by atoms with Crippen LogP contribution in [-0.2, 0) is 36.6 Å². The topological polar surface area (TPSA) is 109 Å². The second kappa shape index (κ2) is 14.7. The van der Waals surface area contributed by atoms with Gasteiger partial charge in [-0.25, -0.2) is 4.79 Å². The molecule has 10 heteroatoms. The van der Waals surface area contributed by atoms with Crippen LogP contribution < -0.4 is 10.1 Å². The largest absolute Gasteiger partial charge is 0.488 e. The molecule has 0 aliphatic carbocycles. The minimum absolute atomic E-state index is 0.0168. The van der Waals surface area contributed by atoms with Crippen LogP contribution in [0.1, 0.15) is 56.1 Å². The number of aldehydes is 1. The summed E-state index contributed by atoms with van der Waals surface area (Å²) in [6, 6.07) is 24.6. The van der Waals surface area contributed by atoms with E-state index in [0.717, 1.165) is 11.1 Å². The highest BCUT2D eigenvalue weighted by Crippen LogP contribution is 2.41. The number of amides is 1. The van der Waals surface area contributed by atoms with Gasteiger partial charge < -0.3 is 33.5 Å². The van der Waals surface area contributed by atoms with E-state index in [-0.39, 0.29) is 24.0 Å². The molecule has 1 aliphatic heterocycles. The molecule has 1 aliphatic rings. The predicted octanol–water partition coefficient (Wildman–Crippen LogP) is 6.85. The highest BCUT2D eigenvalue weighted by Gasteiger charge is 2.54. The zero-order valence-corrected chi connectivity index (χ0v) is 28.6. The van der Waals surface area contributed by atoms with Crippen molar-refractivity contribution in [3.8, 4) is 5.75 Å². The Bertz CT molecular complexity index is 1470. The zero-order valence-electron chi connectivity index (χ0n) is 27.6. The van der Waals surface area contributed by atoms with E-state index in [1.165, 1.54) is 0 Å². The van der Waals surface area contributed by atoms with Gasteiger partial charge in [0.15, 0.2) is 26.0 Å². The van der Waals surface area contributed by atoms with E-state index in [0.29, 0.717) is 17.6 Å². The third-order valence-corrected chi connectivity index (χ3v) is 12.8. The Morgan fingerprint density at radius 1 is 0.891 bits per heavy atom. The summed E-state index contributed by atoms with van der Waals surface area (Å²) in [6.07, 6.45) is -3.50. The Balaban J connectivity index is 1.64. The summed E-state index contributed by atoms with van der Waals surface area (Å²) in [5, 5.41) is 2.40. The summed E-state index contributed by atoms with van der Waals surface area (Å²) in [5.41, 5.74) is 2.05. The lowest BCUT2D eigenvalue weighted by molar-refractivity contribution is -0.155. The van der Waals surface area contributed by atoms with E-state index < -0.39 is 44.6 Å². The molecule has 3 aromatic rings. The second-order valence-corrected chi connectivity index (χ2v) is 18.1. The number of para-hydroxylation sites is 1. The number of hydrogen-bond donors (Lipinski definition) is 1. The van der Waals surface area contributed by atoms with Gasteiger partial charge in [0.1, 0.15) is 43.5 Å². The molecule has 1 fully saturated rings. The number of carbonyl (C=O) groups is 3. The number of hydrogen-bond acceptors (Lipinski definition) is 8. The van der Waals surface area contributed by atoms with Crippen molar-refractivity contribution in [3.05, 3.63) is 102 Å². The van der Waals surface area contributed by atoms with Crippen molar-refractivity contribution in [2.24, 2.45) is 0 Å². The Morgan fingerprint density at radius 2 is 1.46 bits per heavy atom. The van der Waals surface area contributed by atoms with Gasteiger partial charge in [0, 0.05) is 0 Å². The number of rotatable bonds is 13. The summed E-state index contributed by atoms with van der Waals surface area (Å²) < 4.78 is 30.9. The molecule has 0 unspecified atom stereocenters. The minimum atomic E-state index is -2.61. The van der Waals surface area contributed by atoms with E-state index in [4.69, 9.17) is 23.4 Å². The van der Waals surface area contributed by atoms with Crippen LogP contribution in [0, 0.1) is 0 Å². The average molecular weight is 648 g/mol. The monoisotopic (exact) mass is 647 g/mol. The van der Waals surface area contributed by atoms with Gasteiger partial charge in [-0.15, -0.1) is 0 Å². The summed E-state index contributed by atoms with van der Waals surface area (Å²) in [7, 11) is -2.61. The molecule has 1 saturated heterocycles. The van der Waals surface area contributed by atoms with E-state index in [1.54, 1.807) is 38.1 Å². The summed E-state index contributed by atoms with van der Waals surface area (Å²) in [4.78, 5) is 40.0. The molecular formula is C36H45NO8Si. The van der Waals surface area contributed by atoms with Crippen molar-refractivity contribution in [2.75, 3.05) is 0 Å². The van der Waals surface area contributed by atoms with Crippen LogP contribution in [0.5, 0.6) is 5.75 Å². The summed E-state index contributed by atoms with van der Waals surface area (Å²) in [6.45, 7) is 13.9.